The monoisotopic (exact) mass is 530 g/mol. The first kappa shape index (κ1) is 26.8. The Morgan fingerprint density at radius 2 is 1.95 bits per heavy atom. The van der Waals surface area contributed by atoms with Gasteiger partial charge in [-0.1, -0.05) is 30.3 Å². The highest BCUT2D eigenvalue weighted by Gasteiger charge is 2.38. The van der Waals surface area contributed by atoms with Crippen LogP contribution in [-0.4, -0.2) is 52.7 Å². The predicted molar refractivity (Wildman–Crippen MR) is 152 cm³/mol. The van der Waals surface area contributed by atoms with Crippen molar-refractivity contribution in [2.45, 2.75) is 77.2 Å². The summed E-state index contributed by atoms with van der Waals surface area (Å²) >= 11 is 0. The molecular formula is C31H38N4O4. The number of hydrogen-bond acceptors (Lipinski definition) is 6. The van der Waals surface area contributed by atoms with Gasteiger partial charge in [0.2, 0.25) is 5.91 Å². The van der Waals surface area contributed by atoms with Crippen LogP contribution in [0.5, 0.6) is 5.75 Å². The lowest BCUT2D eigenvalue weighted by atomic mass is 9.95. The average Bonchev–Trinajstić information content (AvgIpc) is 2.91. The highest BCUT2D eigenvalue weighted by Crippen LogP contribution is 2.32. The largest absolute Gasteiger partial charge is 0.489 e. The zero-order chi connectivity index (χ0) is 27.4. The van der Waals surface area contributed by atoms with E-state index in [1.54, 1.807) is 4.90 Å². The Morgan fingerprint density at radius 1 is 1.13 bits per heavy atom. The van der Waals surface area contributed by atoms with Gasteiger partial charge in [-0.25, -0.2) is 4.79 Å². The van der Waals surface area contributed by atoms with Gasteiger partial charge in [0.05, 0.1) is 17.4 Å². The van der Waals surface area contributed by atoms with Crippen molar-refractivity contribution in [1.29, 1.82) is 0 Å². The van der Waals surface area contributed by atoms with E-state index in [4.69, 9.17) is 14.5 Å². The average molecular weight is 531 g/mol. The van der Waals surface area contributed by atoms with Gasteiger partial charge >= 0.3 is 6.09 Å². The molecule has 2 aromatic carbocycles. The first-order chi connectivity index (χ1) is 18.8. The number of anilines is 1. The first-order valence-corrected chi connectivity index (χ1v) is 13.9. The molecule has 4 bridgehead atoms. The molecule has 0 radical (unpaired) electrons. The molecule has 0 spiro atoms. The Hall–Kier alpha value is -3.81. The van der Waals surface area contributed by atoms with Gasteiger partial charge in [0.25, 0.3) is 0 Å². The molecule has 1 fully saturated rings. The highest BCUT2D eigenvalue weighted by molar-refractivity contribution is 5.88. The van der Waals surface area contributed by atoms with E-state index in [9.17, 15) is 9.59 Å². The molecular weight excluding hydrogens is 492 g/mol. The molecule has 1 aromatic heterocycles. The number of aromatic nitrogens is 1. The van der Waals surface area contributed by atoms with Crippen molar-refractivity contribution in [2.75, 3.05) is 18.4 Å². The zero-order valence-corrected chi connectivity index (χ0v) is 23.0. The van der Waals surface area contributed by atoms with E-state index in [0.717, 1.165) is 52.7 Å². The van der Waals surface area contributed by atoms with Crippen LogP contribution in [-0.2, 0) is 22.6 Å². The fourth-order valence-electron chi connectivity index (χ4n) is 5.32. The summed E-state index contributed by atoms with van der Waals surface area (Å²) in [5.74, 6) is 0.734. The maximum atomic E-state index is 13.3. The minimum absolute atomic E-state index is 0.0163. The normalized spacial score (nSPS) is 20.1. The number of benzene rings is 2. The van der Waals surface area contributed by atoms with E-state index < -0.39 is 17.7 Å². The van der Waals surface area contributed by atoms with Gasteiger partial charge in [-0.05, 0) is 76.6 Å². The second kappa shape index (κ2) is 11.5. The number of hydrogen-bond donors (Lipinski definition) is 2. The number of piperidine rings is 1. The third-order valence-electron chi connectivity index (χ3n) is 7.23. The van der Waals surface area contributed by atoms with Gasteiger partial charge < -0.3 is 20.1 Å². The number of ether oxygens (including phenoxy) is 2. The van der Waals surface area contributed by atoms with Gasteiger partial charge in [0.1, 0.15) is 24.0 Å². The summed E-state index contributed by atoms with van der Waals surface area (Å²) in [6.07, 6.45) is 5.10. The fourth-order valence-corrected chi connectivity index (χ4v) is 5.32. The van der Waals surface area contributed by atoms with Crippen LogP contribution in [0.2, 0.25) is 0 Å². The molecule has 39 heavy (non-hydrogen) atoms. The summed E-state index contributed by atoms with van der Waals surface area (Å²) in [7, 11) is 0. The number of pyridine rings is 1. The first-order valence-electron chi connectivity index (χ1n) is 13.9. The van der Waals surface area contributed by atoms with E-state index in [2.05, 4.69) is 28.8 Å². The Kier molecular flexibility index (Phi) is 7.91. The Labute approximate surface area is 230 Å². The minimum Gasteiger partial charge on any atom is -0.489 e. The van der Waals surface area contributed by atoms with Crippen LogP contribution < -0.4 is 15.4 Å². The van der Waals surface area contributed by atoms with Crippen LogP contribution in [0.3, 0.4) is 0 Å². The molecule has 2 N–H and O–H groups in total. The Bertz CT molecular complexity index is 1320. The fraction of sp³-hybridized carbons (Fsp3) is 0.452. The number of nitrogens with zero attached hydrogens (tertiary/aromatic N) is 2. The highest BCUT2D eigenvalue weighted by atomic mass is 16.6. The van der Waals surface area contributed by atoms with Crippen molar-refractivity contribution in [3.05, 3.63) is 65.9 Å². The SMILES string of the molecule is CC(C)(C)OC(=O)N1CC[C@H]2C[C@H]1C(=O)NCCCCc1c(OCc3ccccc3)ccc3ncc(cc13)N2. The van der Waals surface area contributed by atoms with Crippen molar-refractivity contribution in [3.8, 4) is 5.75 Å². The van der Waals surface area contributed by atoms with Gasteiger partial charge in [-0.3, -0.25) is 14.7 Å². The van der Waals surface area contributed by atoms with Crippen LogP contribution in [0, 0.1) is 0 Å². The molecule has 1 saturated heterocycles. The molecule has 3 aromatic rings. The number of carbonyl (C=O) groups is 2. The molecule has 3 heterocycles. The van der Waals surface area contributed by atoms with Crippen LogP contribution in [0.15, 0.2) is 54.7 Å². The lowest BCUT2D eigenvalue weighted by Gasteiger charge is -2.39. The van der Waals surface area contributed by atoms with Crippen LogP contribution >= 0.6 is 0 Å². The van der Waals surface area contributed by atoms with Crippen molar-refractivity contribution < 1.29 is 19.1 Å². The van der Waals surface area contributed by atoms with Crippen molar-refractivity contribution in [3.63, 3.8) is 0 Å². The molecule has 0 saturated carbocycles. The van der Waals surface area contributed by atoms with Crippen LogP contribution in [0.25, 0.3) is 10.9 Å². The number of likely N-dealkylation sites (tertiary alicyclic amines) is 1. The second-order valence-corrected chi connectivity index (χ2v) is 11.4. The maximum Gasteiger partial charge on any atom is 0.410 e. The molecule has 5 rings (SSSR count). The van der Waals surface area contributed by atoms with Crippen LogP contribution in [0.1, 0.15) is 57.6 Å². The summed E-state index contributed by atoms with van der Waals surface area (Å²) in [5, 5.41) is 7.74. The molecule has 8 nitrogen and oxygen atoms in total. The molecule has 206 valence electrons. The zero-order valence-electron chi connectivity index (χ0n) is 23.0. The number of aryl methyl sites for hydroxylation is 1. The quantitative estimate of drug-likeness (QED) is 0.468. The van der Waals surface area contributed by atoms with E-state index in [1.807, 2.05) is 57.3 Å². The molecule has 0 aliphatic carbocycles. The van der Waals surface area contributed by atoms with Crippen molar-refractivity contribution in [2.24, 2.45) is 0 Å². The van der Waals surface area contributed by atoms with Gasteiger partial charge in [0, 0.05) is 30.1 Å². The Balaban J connectivity index is 1.41. The number of nitrogens with one attached hydrogen (secondary N) is 2. The molecule has 2 aliphatic heterocycles. The van der Waals surface area contributed by atoms with E-state index in [1.165, 1.54) is 0 Å². The second-order valence-electron chi connectivity index (χ2n) is 11.4. The summed E-state index contributed by atoms with van der Waals surface area (Å²) in [4.78, 5) is 32.5. The number of rotatable bonds is 3. The topological polar surface area (TPSA) is 92.8 Å². The molecule has 2 aliphatic rings. The molecule has 8 heteroatoms. The molecule has 2 amide bonds. The minimum atomic E-state index is -0.623. The predicted octanol–water partition coefficient (Wildman–Crippen LogP) is 5.45. The van der Waals surface area contributed by atoms with Gasteiger partial charge in [0.15, 0.2) is 0 Å². The smallest absolute Gasteiger partial charge is 0.410 e. The number of amides is 2. The maximum absolute atomic E-state index is 13.3. The van der Waals surface area contributed by atoms with Crippen molar-refractivity contribution >= 4 is 28.6 Å². The summed E-state index contributed by atoms with van der Waals surface area (Å²) < 4.78 is 11.9. The summed E-state index contributed by atoms with van der Waals surface area (Å²) in [5.41, 5.74) is 3.47. The summed E-state index contributed by atoms with van der Waals surface area (Å²) in [6, 6.07) is 15.8. The third kappa shape index (κ3) is 6.61. The standard InChI is InChI=1S/C31H38N4O4/c1-31(2,3)39-30(37)35-16-14-22-18-27(35)29(36)32-15-8-7-11-24-25-17-23(34-22)19-33-26(25)12-13-28(24)38-20-21-9-5-4-6-10-21/h4-6,9-10,12-13,17,19,22,27,34H,7-8,11,14-16,18,20H2,1-3H3,(H,32,36)/t22-,27-/m0/s1. The van der Waals surface area contributed by atoms with E-state index in [0.29, 0.717) is 32.5 Å². The lowest BCUT2D eigenvalue weighted by Crippen LogP contribution is -2.56. The van der Waals surface area contributed by atoms with Gasteiger partial charge in [-0.15, -0.1) is 0 Å². The lowest BCUT2D eigenvalue weighted by molar-refractivity contribution is -0.127. The Morgan fingerprint density at radius 3 is 2.74 bits per heavy atom. The number of fused-ring (bicyclic) bond motifs is 3. The number of carbonyl (C=O) groups excluding carboxylic acids is 2. The van der Waals surface area contributed by atoms with Crippen LogP contribution in [0.4, 0.5) is 10.5 Å². The summed E-state index contributed by atoms with van der Waals surface area (Å²) in [6.45, 7) is 7.00. The van der Waals surface area contributed by atoms with Crippen molar-refractivity contribution in [1.82, 2.24) is 15.2 Å². The van der Waals surface area contributed by atoms with E-state index in [-0.39, 0.29) is 11.9 Å². The van der Waals surface area contributed by atoms with Gasteiger partial charge in [-0.2, -0.15) is 0 Å². The van der Waals surface area contributed by atoms with E-state index >= 15 is 0 Å². The third-order valence-corrected chi connectivity index (χ3v) is 7.23. The molecule has 0 unspecified atom stereocenters. The molecule has 2 atom stereocenters.